The van der Waals surface area contributed by atoms with Crippen LogP contribution >= 0.6 is 15.9 Å². The molecule has 0 saturated carbocycles. The molecule has 0 aromatic heterocycles. The van der Waals surface area contributed by atoms with Crippen LogP contribution < -0.4 is 10.2 Å². The summed E-state index contributed by atoms with van der Waals surface area (Å²) in [6.07, 6.45) is 0. The van der Waals surface area contributed by atoms with E-state index >= 15 is 0 Å². The van der Waals surface area contributed by atoms with Crippen molar-refractivity contribution in [1.82, 2.24) is 0 Å². The van der Waals surface area contributed by atoms with Gasteiger partial charge >= 0.3 is 0 Å². The van der Waals surface area contributed by atoms with Crippen LogP contribution in [0.25, 0.3) is 0 Å². The number of nitrogens with one attached hydrogen (secondary N) is 1. The van der Waals surface area contributed by atoms with Crippen LogP contribution in [0, 0.1) is 10.1 Å². The molecule has 0 fully saturated rings. The van der Waals surface area contributed by atoms with Crippen LogP contribution in [0.3, 0.4) is 0 Å². The molecule has 6 heteroatoms. The molecule has 2 rings (SSSR count). The Labute approximate surface area is 131 Å². The van der Waals surface area contributed by atoms with E-state index in [0.29, 0.717) is 6.54 Å². The molecule has 0 radical (unpaired) electrons. The second-order valence-corrected chi connectivity index (χ2v) is 5.75. The third-order valence-electron chi connectivity index (χ3n) is 3.07. The summed E-state index contributed by atoms with van der Waals surface area (Å²) in [5, 5.41) is 14.0. The van der Waals surface area contributed by atoms with Gasteiger partial charge in [0.05, 0.1) is 16.3 Å². The van der Waals surface area contributed by atoms with Crippen molar-refractivity contribution in [3.05, 3.63) is 62.6 Å². The molecule has 5 nitrogen and oxygen atoms in total. The summed E-state index contributed by atoms with van der Waals surface area (Å²) in [7, 11) is 3.97. The Hall–Kier alpha value is -2.08. The van der Waals surface area contributed by atoms with Gasteiger partial charge in [-0.2, -0.15) is 0 Å². The molecular formula is C15H16BrN3O2. The van der Waals surface area contributed by atoms with E-state index in [1.165, 1.54) is 12.1 Å². The Morgan fingerprint density at radius 1 is 1.19 bits per heavy atom. The van der Waals surface area contributed by atoms with Crippen molar-refractivity contribution in [3.8, 4) is 0 Å². The van der Waals surface area contributed by atoms with Gasteiger partial charge in [0, 0.05) is 37.2 Å². The first kappa shape index (κ1) is 15.3. The largest absolute Gasteiger partial charge is 0.379 e. The number of nitro benzene ring substituents is 1. The van der Waals surface area contributed by atoms with Crippen molar-refractivity contribution in [2.24, 2.45) is 0 Å². The van der Waals surface area contributed by atoms with E-state index < -0.39 is 4.92 Å². The van der Waals surface area contributed by atoms with Crippen molar-refractivity contribution in [2.75, 3.05) is 24.3 Å². The average molecular weight is 350 g/mol. The zero-order valence-corrected chi connectivity index (χ0v) is 13.4. The van der Waals surface area contributed by atoms with Gasteiger partial charge in [-0.3, -0.25) is 10.1 Å². The highest BCUT2D eigenvalue weighted by Gasteiger charge is 2.07. The van der Waals surface area contributed by atoms with Gasteiger partial charge in [0.2, 0.25) is 0 Å². The molecular weight excluding hydrogens is 334 g/mol. The minimum Gasteiger partial charge on any atom is -0.379 e. The Morgan fingerprint density at radius 2 is 1.86 bits per heavy atom. The number of benzene rings is 2. The van der Waals surface area contributed by atoms with E-state index in [0.717, 1.165) is 21.4 Å². The summed E-state index contributed by atoms with van der Waals surface area (Å²) in [6.45, 7) is 0.606. The topological polar surface area (TPSA) is 58.4 Å². The van der Waals surface area contributed by atoms with Gasteiger partial charge in [-0.1, -0.05) is 28.1 Å². The lowest BCUT2D eigenvalue weighted by Crippen LogP contribution is -2.12. The molecule has 0 spiro atoms. The molecule has 0 heterocycles. The van der Waals surface area contributed by atoms with Gasteiger partial charge in [0.1, 0.15) is 0 Å². The highest BCUT2D eigenvalue weighted by atomic mass is 79.9. The van der Waals surface area contributed by atoms with E-state index in [1.54, 1.807) is 12.1 Å². The summed E-state index contributed by atoms with van der Waals surface area (Å²) in [5.74, 6) is 0. The fourth-order valence-electron chi connectivity index (χ4n) is 1.97. The minimum atomic E-state index is -0.393. The first-order chi connectivity index (χ1) is 9.97. The molecule has 110 valence electrons. The Morgan fingerprint density at radius 3 is 2.43 bits per heavy atom. The van der Waals surface area contributed by atoms with E-state index in [9.17, 15) is 10.1 Å². The molecule has 0 atom stereocenters. The van der Waals surface area contributed by atoms with Crippen LogP contribution in [0.2, 0.25) is 0 Å². The summed E-state index contributed by atoms with van der Waals surface area (Å²) in [6, 6.07) is 12.6. The van der Waals surface area contributed by atoms with Gasteiger partial charge < -0.3 is 10.2 Å². The van der Waals surface area contributed by atoms with E-state index in [1.807, 2.05) is 37.2 Å². The molecule has 1 N–H and O–H groups in total. The second-order valence-electron chi connectivity index (χ2n) is 4.83. The van der Waals surface area contributed by atoms with E-state index in [2.05, 4.69) is 21.2 Å². The summed E-state index contributed by atoms with van der Waals surface area (Å²) >= 11 is 3.46. The Kier molecular flexibility index (Phi) is 4.80. The van der Waals surface area contributed by atoms with Crippen LogP contribution in [0.5, 0.6) is 0 Å². The van der Waals surface area contributed by atoms with Crippen LogP contribution in [0.1, 0.15) is 5.56 Å². The molecule has 0 aliphatic rings. The number of non-ortho nitro benzene ring substituents is 1. The number of hydrogen-bond acceptors (Lipinski definition) is 4. The predicted octanol–water partition coefficient (Wildman–Crippen LogP) is 4.04. The lowest BCUT2D eigenvalue weighted by molar-refractivity contribution is -0.384. The van der Waals surface area contributed by atoms with E-state index in [4.69, 9.17) is 0 Å². The van der Waals surface area contributed by atoms with E-state index in [-0.39, 0.29) is 5.69 Å². The quantitative estimate of drug-likeness (QED) is 0.653. The van der Waals surface area contributed by atoms with Crippen molar-refractivity contribution in [1.29, 1.82) is 0 Å². The average Bonchev–Trinajstić information content (AvgIpc) is 2.45. The highest BCUT2D eigenvalue weighted by molar-refractivity contribution is 9.10. The van der Waals surface area contributed by atoms with Gasteiger partial charge in [-0.05, 0) is 23.8 Å². The fraction of sp³-hybridized carbons (Fsp3) is 0.200. The van der Waals surface area contributed by atoms with Crippen molar-refractivity contribution < 1.29 is 4.92 Å². The smallest absolute Gasteiger partial charge is 0.269 e. The Balaban J connectivity index is 2.12. The number of anilines is 2. The molecule has 0 amide bonds. The van der Waals surface area contributed by atoms with Gasteiger partial charge in [0.25, 0.3) is 5.69 Å². The second kappa shape index (κ2) is 6.58. The minimum absolute atomic E-state index is 0.107. The zero-order chi connectivity index (χ0) is 15.4. The standard InChI is InChI=1S/C15H16BrN3O2/c1-18(2)15-8-5-12(16)9-14(15)17-10-11-3-6-13(7-4-11)19(20)21/h3-9,17H,10H2,1-2H3. The van der Waals surface area contributed by atoms with Gasteiger partial charge in [0.15, 0.2) is 0 Å². The van der Waals surface area contributed by atoms with Crippen LogP contribution in [-0.4, -0.2) is 19.0 Å². The fourth-order valence-corrected chi connectivity index (χ4v) is 2.33. The first-order valence-corrected chi connectivity index (χ1v) is 7.21. The summed E-state index contributed by atoms with van der Waals surface area (Å²) in [5.41, 5.74) is 3.19. The maximum atomic E-state index is 10.6. The van der Waals surface area contributed by atoms with Crippen LogP contribution in [0.4, 0.5) is 17.1 Å². The van der Waals surface area contributed by atoms with Crippen molar-refractivity contribution >= 4 is 33.0 Å². The maximum Gasteiger partial charge on any atom is 0.269 e. The SMILES string of the molecule is CN(C)c1ccc(Br)cc1NCc1ccc([N+](=O)[O-])cc1. The summed E-state index contributed by atoms with van der Waals surface area (Å²) < 4.78 is 0.999. The zero-order valence-electron chi connectivity index (χ0n) is 11.8. The lowest BCUT2D eigenvalue weighted by Gasteiger charge is -2.19. The number of rotatable bonds is 5. The first-order valence-electron chi connectivity index (χ1n) is 6.41. The van der Waals surface area contributed by atoms with Gasteiger partial charge in [-0.15, -0.1) is 0 Å². The Bertz CT molecular complexity index is 642. The van der Waals surface area contributed by atoms with Crippen molar-refractivity contribution in [3.63, 3.8) is 0 Å². The monoisotopic (exact) mass is 349 g/mol. The van der Waals surface area contributed by atoms with Crippen LogP contribution in [-0.2, 0) is 6.54 Å². The molecule has 0 unspecified atom stereocenters. The highest BCUT2D eigenvalue weighted by Crippen LogP contribution is 2.28. The molecule has 0 aliphatic heterocycles. The molecule has 0 saturated heterocycles. The third-order valence-corrected chi connectivity index (χ3v) is 3.56. The molecule has 0 bridgehead atoms. The van der Waals surface area contributed by atoms with Crippen molar-refractivity contribution in [2.45, 2.75) is 6.54 Å². The maximum absolute atomic E-state index is 10.6. The molecule has 2 aromatic carbocycles. The molecule has 21 heavy (non-hydrogen) atoms. The third kappa shape index (κ3) is 3.95. The predicted molar refractivity (Wildman–Crippen MR) is 88.9 cm³/mol. The summed E-state index contributed by atoms with van der Waals surface area (Å²) in [4.78, 5) is 12.3. The van der Waals surface area contributed by atoms with Crippen LogP contribution in [0.15, 0.2) is 46.9 Å². The lowest BCUT2D eigenvalue weighted by atomic mass is 10.2. The molecule has 2 aromatic rings. The number of hydrogen-bond donors (Lipinski definition) is 1. The van der Waals surface area contributed by atoms with Gasteiger partial charge in [-0.25, -0.2) is 0 Å². The molecule has 0 aliphatic carbocycles. The number of nitrogens with zero attached hydrogens (tertiary/aromatic N) is 2. The normalized spacial score (nSPS) is 10.2. The number of halogens is 1. The number of nitro groups is 1.